The van der Waals surface area contributed by atoms with Crippen LogP contribution in [0.1, 0.15) is 120 Å². The van der Waals surface area contributed by atoms with Crippen molar-refractivity contribution >= 4 is 29.6 Å². The van der Waals surface area contributed by atoms with E-state index in [4.69, 9.17) is 28.9 Å². The van der Waals surface area contributed by atoms with E-state index in [1.807, 2.05) is 6.07 Å². The van der Waals surface area contributed by atoms with Crippen molar-refractivity contribution in [3.63, 3.8) is 0 Å². The first-order valence-electron chi connectivity index (χ1n) is 25.3. The Balaban J connectivity index is 0.000000967. The van der Waals surface area contributed by atoms with E-state index in [1.54, 1.807) is 24.3 Å². The fraction of sp³-hybridized carbons (Fsp3) is 0.453. The van der Waals surface area contributed by atoms with Gasteiger partial charge >= 0.3 is 12.1 Å². The highest BCUT2D eigenvalue weighted by Gasteiger charge is 2.52. The van der Waals surface area contributed by atoms with Crippen molar-refractivity contribution in [1.29, 1.82) is 0 Å². The molecule has 0 spiro atoms. The predicted octanol–water partition coefficient (Wildman–Crippen LogP) is 7.72. The van der Waals surface area contributed by atoms with E-state index in [9.17, 15) is 50.6 Å². The van der Waals surface area contributed by atoms with Gasteiger partial charge in [0.25, 0.3) is 11.8 Å². The van der Waals surface area contributed by atoms with E-state index in [1.165, 1.54) is 10.5 Å². The van der Waals surface area contributed by atoms with Gasteiger partial charge in [-0.3, -0.25) is 29.4 Å². The number of alkyl halides is 3. The van der Waals surface area contributed by atoms with Gasteiger partial charge in [-0.1, -0.05) is 35.5 Å². The highest BCUT2D eigenvalue weighted by Crippen LogP contribution is 2.57. The molecule has 77 heavy (non-hydrogen) atoms. The Kier molecular flexibility index (Phi) is 15.8. The number of hydrogen-bond donors (Lipinski definition) is 4. The van der Waals surface area contributed by atoms with Crippen LogP contribution in [-0.2, 0) is 39.5 Å². The Morgan fingerprint density at radius 3 is 2.25 bits per heavy atom. The molecule has 5 heterocycles. The number of aliphatic carboxylic acids is 1. The fourth-order valence-electron chi connectivity index (χ4n) is 10.9. The molecule has 24 heteroatoms. The maximum Gasteiger partial charge on any atom is 0.490 e. The third-order valence-corrected chi connectivity index (χ3v) is 15.5. The predicted molar refractivity (Wildman–Crippen MR) is 257 cm³/mol. The van der Waals surface area contributed by atoms with Crippen molar-refractivity contribution in [1.82, 2.24) is 40.8 Å². The van der Waals surface area contributed by atoms with Crippen molar-refractivity contribution in [2.45, 2.75) is 114 Å². The molecule has 18 nitrogen and oxygen atoms in total. The van der Waals surface area contributed by atoms with E-state index >= 15 is 0 Å². The number of likely N-dealkylation sites (tertiary alicyclic amines) is 1. The maximum atomic E-state index is 14.3. The molecule has 2 saturated heterocycles. The normalized spacial score (nSPS) is 21.5. The molecule has 1 atom stereocenters. The summed E-state index contributed by atoms with van der Waals surface area (Å²) in [7, 11) is 0. The molecule has 0 radical (unpaired) electrons. The number of benzene rings is 3. The smallest absolute Gasteiger partial charge is 0.490 e. The lowest BCUT2D eigenvalue weighted by Gasteiger charge is -2.51. The van der Waals surface area contributed by atoms with Crippen LogP contribution in [0, 0.1) is 28.8 Å². The number of phenols is 1. The molecular weight excluding hydrogens is 1020 g/mol. The van der Waals surface area contributed by atoms with Crippen molar-refractivity contribution < 1.29 is 74.5 Å². The summed E-state index contributed by atoms with van der Waals surface area (Å²) in [6, 6.07) is 17.1. The van der Waals surface area contributed by atoms with Crippen LogP contribution >= 0.6 is 0 Å². The number of rotatable bonds is 16. The first kappa shape index (κ1) is 54.2. The summed E-state index contributed by atoms with van der Waals surface area (Å²) in [6.45, 7) is 4.27. The van der Waals surface area contributed by atoms with Crippen LogP contribution in [0.15, 0.2) is 65.2 Å². The van der Waals surface area contributed by atoms with Crippen LogP contribution in [0.25, 0.3) is 11.5 Å². The number of aromatic nitrogens is 4. The number of ether oxygens (including phenoxy) is 2. The number of imide groups is 1. The molecule has 6 aliphatic rings. The molecule has 0 unspecified atom stereocenters. The molecule has 4 N–H and O–H groups in total. The minimum atomic E-state index is -5.08. The molecular formula is C53H54F6N8O10. The van der Waals surface area contributed by atoms with Gasteiger partial charge in [-0.25, -0.2) is 13.6 Å². The molecule has 2 bridgehead atoms. The number of phenolic OH excluding ortho intramolecular Hbond substituents is 1. The Bertz CT molecular complexity index is 3000. The van der Waals surface area contributed by atoms with Gasteiger partial charge in [0.05, 0.1) is 18.7 Å². The van der Waals surface area contributed by atoms with Gasteiger partial charge in [0.2, 0.25) is 35.2 Å². The van der Waals surface area contributed by atoms with E-state index in [-0.39, 0.29) is 42.2 Å². The second-order valence-electron chi connectivity index (χ2n) is 20.3. The Morgan fingerprint density at radius 2 is 1.58 bits per heavy atom. The zero-order valence-electron chi connectivity index (χ0n) is 41.5. The number of fused-ring (bicyclic) bond motifs is 4. The summed E-state index contributed by atoms with van der Waals surface area (Å²) in [5, 5.41) is 34.2. The summed E-state index contributed by atoms with van der Waals surface area (Å²) >= 11 is 0. The first-order chi connectivity index (χ1) is 36.8. The number of carbonyl (C=O) groups excluding carboxylic acids is 4. The van der Waals surface area contributed by atoms with Crippen molar-refractivity contribution in [2.24, 2.45) is 11.3 Å². The third kappa shape index (κ3) is 12.2. The summed E-state index contributed by atoms with van der Waals surface area (Å²) in [6.07, 6.45) is 4.03. The van der Waals surface area contributed by atoms with Crippen LogP contribution in [0.5, 0.6) is 17.4 Å². The first-order valence-corrected chi connectivity index (χ1v) is 25.3. The van der Waals surface area contributed by atoms with E-state index in [0.29, 0.717) is 66.2 Å². The number of amides is 4. The van der Waals surface area contributed by atoms with Gasteiger partial charge in [-0.15, -0.1) is 10.2 Å². The molecule has 3 aromatic carbocycles. The summed E-state index contributed by atoms with van der Waals surface area (Å²) in [5.41, 5.74) is 2.61. The number of piperidine rings is 2. The molecule has 3 aliphatic heterocycles. The number of carbonyl (C=O) groups is 5. The van der Waals surface area contributed by atoms with Crippen LogP contribution in [0.3, 0.4) is 0 Å². The van der Waals surface area contributed by atoms with E-state index in [2.05, 4.69) is 55.2 Å². The minimum absolute atomic E-state index is 0.206. The van der Waals surface area contributed by atoms with Gasteiger partial charge in [-0.2, -0.15) is 22.5 Å². The zero-order chi connectivity index (χ0) is 54.6. The lowest BCUT2D eigenvalue weighted by Crippen LogP contribution is -2.52. The molecule has 2 aromatic heterocycles. The number of halogens is 6. The molecule has 4 amide bonds. The van der Waals surface area contributed by atoms with Gasteiger partial charge in [0, 0.05) is 42.1 Å². The van der Waals surface area contributed by atoms with Crippen LogP contribution < -0.4 is 20.1 Å². The van der Waals surface area contributed by atoms with Gasteiger partial charge in [0.15, 0.2) is 17.4 Å². The molecule has 3 aliphatic carbocycles. The lowest BCUT2D eigenvalue weighted by atomic mass is 9.53. The van der Waals surface area contributed by atoms with Crippen molar-refractivity contribution in [3.8, 4) is 28.9 Å². The molecule has 5 fully saturated rings. The lowest BCUT2D eigenvalue weighted by molar-refractivity contribution is -0.192. The average molecular weight is 1080 g/mol. The quantitative estimate of drug-likeness (QED) is 0.0320. The minimum Gasteiger partial charge on any atom is -0.503 e. The number of aromatic hydroxyl groups is 1. The zero-order valence-corrected chi connectivity index (χ0v) is 41.5. The second kappa shape index (κ2) is 22.5. The van der Waals surface area contributed by atoms with Crippen LogP contribution in [0.4, 0.5) is 26.3 Å². The maximum absolute atomic E-state index is 14.3. The van der Waals surface area contributed by atoms with Gasteiger partial charge in [0.1, 0.15) is 24.1 Å². The largest absolute Gasteiger partial charge is 0.503 e. The van der Waals surface area contributed by atoms with Crippen molar-refractivity contribution in [2.75, 3.05) is 26.2 Å². The Morgan fingerprint density at radius 1 is 0.883 bits per heavy atom. The second-order valence-corrected chi connectivity index (χ2v) is 20.3. The monoisotopic (exact) mass is 1080 g/mol. The third-order valence-electron chi connectivity index (χ3n) is 15.5. The number of hydrogen-bond acceptors (Lipinski definition) is 14. The highest BCUT2D eigenvalue weighted by molar-refractivity contribution is 6.05. The number of nitrogens with one attached hydrogen (secondary N) is 2. The number of nitrogens with zero attached hydrogens (tertiary/aromatic N) is 6. The Labute approximate surface area is 436 Å². The van der Waals surface area contributed by atoms with Crippen LogP contribution in [-0.4, -0.2) is 108 Å². The summed E-state index contributed by atoms with van der Waals surface area (Å²) in [5.74, 6) is -8.42. The molecule has 408 valence electrons. The van der Waals surface area contributed by atoms with Crippen LogP contribution in [0.2, 0.25) is 0 Å². The van der Waals surface area contributed by atoms with Crippen molar-refractivity contribution in [3.05, 3.63) is 112 Å². The topological polar surface area (TPSA) is 240 Å². The molecule has 3 saturated carbocycles. The molecule has 11 rings (SSSR count). The van der Waals surface area contributed by atoms with Gasteiger partial charge < -0.3 is 34.4 Å². The number of carboxylic acids is 1. The van der Waals surface area contributed by atoms with E-state index in [0.717, 1.165) is 95.0 Å². The molecule has 5 aromatic rings. The number of carboxylic acid groups (broad SMARTS) is 1. The summed E-state index contributed by atoms with van der Waals surface area (Å²) < 4.78 is 91.6. The van der Waals surface area contributed by atoms with Gasteiger partial charge in [-0.05, 0) is 130 Å². The Hall–Kier alpha value is -7.63. The summed E-state index contributed by atoms with van der Waals surface area (Å²) in [4.78, 5) is 67.6. The average Bonchev–Trinajstić information content (AvgIpc) is 4.16. The fourth-order valence-corrected chi connectivity index (χ4v) is 10.9. The SMILES string of the molecule is O=C(O)C(F)(F)F.O=C1CC[C@@H](N2Cc3c(OCc4ccc(CN5CCC(CCCOc6ccc(-c7noc(C89CCC(CNC(=O)c%10cc(F)c(O)c(F)c%10F)(CC8)CC9)n7)nn6)CC5)cc4)cccc3C2=O)C(=O)N1. The highest BCUT2D eigenvalue weighted by atomic mass is 19.4. The van der Waals surface area contributed by atoms with E-state index < -0.39 is 58.8 Å². The standard InChI is InChI=1S/C51H53F3N8O8.C2HF3O2/c52-36-25-34(42(53)43(54)44(36)64)46(65)55-29-50-16-19-51(20-17-50,21-18-50)49-57-45(60-70-49)37-10-13-41(59-58-37)68-24-2-3-30-14-22-61(23-15-30)26-31-6-8-32(9-7-31)28-69-39-5-1-4-33-35(39)27-62(48(33)67)38-11-12-40(63)56-47(38)66;3-2(4,5)1(6)7/h1,4-10,13,25,30,38,64H,2-3,11-12,14-24,26-29H2,(H,55,65)(H,56,63,66);(H,6,7)/t38-,50?,51?;/m1./s1.